The number of aromatic nitrogens is 4. The highest BCUT2D eigenvalue weighted by Crippen LogP contribution is 2.36. The Morgan fingerprint density at radius 1 is 1.26 bits per heavy atom. The number of nitro groups is 1. The number of benzene rings is 1. The van der Waals surface area contributed by atoms with E-state index in [2.05, 4.69) is 25.3 Å². The predicted octanol–water partition coefficient (Wildman–Crippen LogP) is 4.23. The van der Waals surface area contributed by atoms with E-state index in [1.54, 1.807) is 18.3 Å². The second-order valence-corrected chi connectivity index (χ2v) is 6.57. The second kappa shape index (κ2) is 6.92. The van der Waals surface area contributed by atoms with Gasteiger partial charge in [0.25, 0.3) is 0 Å². The number of nitrogens with one attached hydrogen (secondary N) is 1. The van der Waals surface area contributed by atoms with Gasteiger partial charge in [-0.15, -0.1) is 0 Å². The highest BCUT2D eigenvalue weighted by Gasteiger charge is 2.26. The average Bonchev–Trinajstić information content (AvgIpc) is 3.04. The van der Waals surface area contributed by atoms with Crippen molar-refractivity contribution in [1.82, 2.24) is 19.9 Å². The van der Waals surface area contributed by atoms with Crippen LogP contribution in [0.15, 0.2) is 49.1 Å². The minimum Gasteiger partial charge on any atom is -0.432 e. The smallest absolute Gasteiger partial charge is 0.373 e. The molecule has 0 fully saturated rings. The van der Waals surface area contributed by atoms with Crippen molar-refractivity contribution in [2.24, 2.45) is 0 Å². The van der Waals surface area contributed by atoms with Crippen LogP contribution in [-0.4, -0.2) is 24.9 Å². The van der Waals surface area contributed by atoms with Crippen molar-refractivity contribution in [3.05, 3.63) is 64.7 Å². The molecule has 134 valence electrons. The summed E-state index contributed by atoms with van der Waals surface area (Å²) >= 11 is 1.38. The van der Waals surface area contributed by atoms with Crippen LogP contribution in [0.25, 0.3) is 10.2 Å². The molecule has 4 aromatic rings. The predicted molar refractivity (Wildman–Crippen MR) is 101 cm³/mol. The summed E-state index contributed by atoms with van der Waals surface area (Å²) in [4.78, 5) is 27.3. The molecular formula is C17H12N6O3S. The lowest BCUT2D eigenvalue weighted by atomic mass is 10.2. The maximum Gasteiger partial charge on any atom is 0.373 e. The Kier molecular flexibility index (Phi) is 4.30. The topological polar surface area (TPSA) is 116 Å². The molecule has 9 nitrogen and oxygen atoms in total. The minimum atomic E-state index is -0.592. The van der Waals surface area contributed by atoms with E-state index >= 15 is 0 Å². The Morgan fingerprint density at radius 3 is 2.93 bits per heavy atom. The van der Waals surface area contributed by atoms with E-state index in [-0.39, 0.29) is 17.4 Å². The first-order valence-corrected chi connectivity index (χ1v) is 8.63. The number of aryl methyl sites for hydroxylation is 1. The van der Waals surface area contributed by atoms with E-state index in [4.69, 9.17) is 4.74 Å². The van der Waals surface area contributed by atoms with Gasteiger partial charge in [0.2, 0.25) is 5.82 Å². The zero-order valence-corrected chi connectivity index (χ0v) is 14.8. The number of rotatable bonds is 5. The molecule has 0 amide bonds. The summed E-state index contributed by atoms with van der Waals surface area (Å²) in [5, 5.41) is 15.0. The fourth-order valence-electron chi connectivity index (χ4n) is 2.40. The maximum absolute atomic E-state index is 11.6. The summed E-state index contributed by atoms with van der Waals surface area (Å²) in [7, 11) is 0. The third kappa shape index (κ3) is 3.51. The SMILES string of the molecule is Cc1ccc2nc(Nc3ncnc(Oc4cccnc4)c3[N+](=O)[O-])sc2c1. The molecular weight excluding hydrogens is 368 g/mol. The summed E-state index contributed by atoms with van der Waals surface area (Å²) in [6.45, 7) is 1.99. The first-order valence-electron chi connectivity index (χ1n) is 7.81. The van der Waals surface area contributed by atoms with Crippen LogP contribution in [0.2, 0.25) is 0 Å². The van der Waals surface area contributed by atoms with Gasteiger partial charge in [-0.3, -0.25) is 15.1 Å². The van der Waals surface area contributed by atoms with E-state index in [0.717, 1.165) is 15.8 Å². The van der Waals surface area contributed by atoms with Gasteiger partial charge in [0.05, 0.1) is 21.3 Å². The third-order valence-corrected chi connectivity index (χ3v) is 4.52. The fourth-order valence-corrected chi connectivity index (χ4v) is 3.36. The van der Waals surface area contributed by atoms with Crippen LogP contribution in [0.3, 0.4) is 0 Å². The molecule has 27 heavy (non-hydrogen) atoms. The van der Waals surface area contributed by atoms with Gasteiger partial charge in [-0.25, -0.2) is 9.97 Å². The summed E-state index contributed by atoms with van der Waals surface area (Å²) in [5.41, 5.74) is 1.53. The molecule has 10 heteroatoms. The van der Waals surface area contributed by atoms with Gasteiger partial charge in [-0.1, -0.05) is 17.4 Å². The number of thiazole rings is 1. The number of hydrogen-bond donors (Lipinski definition) is 1. The van der Waals surface area contributed by atoms with Crippen LogP contribution < -0.4 is 10.1 Å². The molecule has 0 unspecified atom stereocenters. The lowest BCUT2D eigenvalue weighted by Gasteiger charge is -2.07. The molecule has 1 N–H and O–H groups in total. The summed E-state index contributed by atoms with van der Waals surface area (Å²) in [5.74, 6) is 0.160. The van der Waals surface area contributed by atoms with Gasteiger partial charge in [0.1, 0.15) is 12.1 Å². The Labute approximate surface area is 156 Å². The van der Waals surface area contributed by atoms with Crippen LogP contribution in [0.5, 0.6) is 11.6 Å². The quantitative estimate of drug-likeness (QED) is 0.404. The third-order valence-electron chi connectivity index (χ3n) is 3.59. The Morgan fingerprint density at radius 2 is 2.15 bits per heavy atom. The molecule has 0 spiro atoms. The number of nitrogens with zero attached hydrogens (tertiary/aromatic N) is 5. The highest BCUT2D eigenvalue weighted by atomic mass is 32.1. The fraction of sp³-hybridized carbons (Fsp3) is 0.0588. The van der Waals surface area contributed by atoms with Gasteiger partial charge in [-0.05, 0) is 36.8 Å². The van der Waals surface area contributed by atoms with Crippen LogP contribution in [0, 0.1) is 17.0 Å². The number of anilines is 2. The van der Waals surface area contributed by atoms with Gasteiger partial charge < -0.3 is 10.1 Å². The normalized spacial score (nSPS) is 10.7. The zero-order chi connectivity index (χ0) is 18.8. The molecule has 3 aromatic heterocycles. The molecule has 0 saturated carbocycles. The van der Waals surface area contributed by atoms with E-state index in [0.29, 0.717) is 10.9 Å². The number of fused-ring (bicyclic) bond motifs is 1. The number of hydrogen-bond acceptors (Lipinski definition) is 9. The van der Waals surface area contributed by atoms with Crippen LogP contribution in [-0.2, 0) is 0 Å². The molecule has 1 aromatic carbocycles. The molecule has 0 aliphatic heterocycles. The van der Waals surface area contributed by atoms with Crippen molar-refractivity contribution in [1.29, 1.82) is 0 Å². The first-order chi connectivity index (χ1) is 13.1. The van der Waals surface area contributed by atoms with Crippen molar-refractivity contribution in [2.45, 2.75) is 6.92 Å². The standard InChI is InChI=1S/C17H12N6O3S/c1-10-4-5-12-13(7-10)27-17(21-12)22-15-14(23(24)25)16(20-9-19-15)26-11-3-2-6-18-8-11/h2-9H,1H3,(H,19,20,21,22). The van der Waals surface area contributed by atoms with Crippen molar-refractivity contribution in [3.8, 4) is 11.6 Å². The highest BCUT2D eigenvalue weighted by molar-refractivity contribution is 7.22. The van der Waals surface area contributed by atoms with E-state index < -0.39 is 4.92 Å². The van der Waals surface area contributed by atoms with Gasteiger partial charge in [0.15, 0.2) is 5.13 Å². The van der Waals surface area contributed by atoms with Crippen LogP contribution >= 0.6 is 11.3 Å². The lowest BCUT2D eigenvalue weighted by Crippen LogP contribution is -2.03. The molecule has 4 rings (SSSR count). The van der Waals surface area contributed by atoms with E-state index in [1.807, 2.05) is 25.1 Å². The van der Waals surface area contributed by atoms with E-state index in [9.17, 15) is 10.1 Å². The summed E-state index contributed by atoms with van der Waals surface area (Å²) in [6, 6.07) is 9.15. The Balaban J connectivity index is 1.71. The molecule has 0 bridgehead atoms. The minimum absolute atomic E-state index is 0.00432. The lowest BCUT2D eigenvalue weighted by molar-refractivity contribution is -0.385. The molecule has 0 saturated heterocycles. The van der Waals surface area contributed by atoms with Crippen molar-refractivity contribution in [2.75, 3.05) is 5.32 Å². The van der Waals surface area contributed by atoms with E-state index in [1.165, 1.54) is 23.9 Å². The summed E-state index contributed by atoms with van der Waals surface area (Å²) in [6.07, 6.45) is 4.20. The van der Waals surface area contributed by atoms with Gasteiger partial charge in [0, 0.05) is 6.20 Å². The molecule has 0 radical (unpaired) electrons. The Bertz CT molecular complexity index is 1130. The van der Waals surface area contributed by atoms with Crippen molar-refractivity contribution >= 4 is 38.2 Å². The van der Waals surface area contributed by atoms with Crippen LogP contribution in [0.1, 0.15) is 5.56 Å². The average molecular weight is 380 g/mol. The molecule has 3 heterocycles. The largest absolute Gasteiger partial charge is 0.432 e. The van der Waals surface area contributed by atoms with Gasteiger partial charge >= 0.3 is 11.6 Å². The first kappa shape index (κ1) is 16.8. The Hall–Kier alpha value is -3.66. The number of ether oxygens (including phenoxy) is 1. The molecule has 0 aliphatic carbocycles. The monoisotopic (exact) mass is 380 g/mol. The molecule has 0 atom stereocenters. The summed E-state index contributed by atoms with van der Waals surface area (Å²) < 4.78 is 6.48. The van der Waals surface area contributed by atoms with Crippen molar-refractivity contribution in [3.63, 3.8) is 0 Å². The van der Waals surface area contributed by atoms with Gasteiger partial charge in [-0.2, -0.15) is 4.98 Å². The van der Waals surface area contributed by atoms with Crippen LogP contribution in [0.4, 0.5) is 16.6 Å². The molecule has 0 aliphatic rings. The number of pyridine rings is 1. The maximum atomic E-state index is 11.6. The zero-order valence-electron chi connectivity index (χ0n) is 14.0. The second-order valence-electron chi connectivity index (χ2n) is 5.54. The van der Waals surface area contributed by atoms with Crippen molar-refractivity contribution < 1.29 is 9.66 Å².